The summed E-state index contributed by atoms with van der Waals surface area (Å²) in [6, 6.07) is 15.3. The Bertz CT molecular complexity index is 2110. The van der Waals surface area contributed by atoms with Crippen LogP contribution >= 0.6 is 0 Å². The van der Waals surface area contributed by atoms with Crippen LogP contribution in [0.25, 0.3) is 0 Å². The number of hydrogen-bond donors (Lipinski definition) is 5. The summed E-state index contributed by atoms with van der Waals surface area (Å²) in [6.45, 7) is 19.7. The van der Waals surface area contributed by atoms with E-state index in [1.807, 2.05) is 74.5 Å². The number of carbonyl (C=O) groups excluding carboxylic acids is 8. The molecule has 7 amide bonds. The lowest BCUT2D eigenvalue weighted by molar-refractivity contribution is -0.154. The van der Waals surface area contributed by atoms with Crippen molar-refractivity contribution in [3.63, 3.8) is 0 Å². The van der Waals surface area contributed by atoms with Crippen molar-refractivity contribution in [3.8, 4) is 0 Å². The number of likely N-dealkylation sites (tertiary alicyclic amines) is 1. The number of amides is 7. The van der Waals surface area contributed by atoms with Gasteiger partial charge in [0.2, 0.25) is 11.8 Å². The first-order chi connectivity index (χ1) is 33.6. The number of alkyl carbamates (subject to hydrolysis) is 3. The molecule has 5 N–H and O–H groups in total. The minimum absolute atomic E-state index is 0.0210. The molecule has 1 aliphatic heterocycles. The number of ketones is 1. The van der Waals surface area contributed by atoms with Gasteiger partial charge in [-0.15, -0.1) is 0 Å². The Morgan fingerprint density at radius 2 is 1.18 bits per heavy atom. The largest absolute Gasteiger partial charge is 0.467 e. The summed E-state index contributed by atoms with van der Waals surface area (Å²) >= 11 is 0. The molecule has 0 radical (unpaired) electrons. The van der Waals surface area contributed by atoms with E-state index in [1.165, 1.54) is 16.9 Å². The van der Waals surface area contributed by atoms with Crippen LogP contribution in [-0.2, 0) is 51.1 Å². The first-order valence-electron chi connectivity index (χ1n) is 24.9. The Hall–Kier alpha value is -6.40. The Kier molecular flexibility index (Phi) is 22.8. The first kappa shape index (κ1) is 59.9. The van der Waals surface area contributed by atoms with E-state index in [1.54, 1.807) is 62.3 Å². The molecular weight excluding hydrogens is 927 g/mol. The SMILES string of the molecule is COC(=O)C1(NC(=O)OC(C)(C)C)CCN(C(=O)C(CCCCNC(=O)OC(C)(C)C)C(=O)C(CC(C)C)NC(=O)C(Cc2ccccc2)NC(=O)N(CCNC(=O)OC(C)(C)C)Cc2ccccc2)CC1. The van der Waals surface area contributed by atoms with Crippen molar-refractivity contribution < 1.29 is 57.3 Å². The van der Waals surface area contributed by atoms with Gasteiger partial charge in [0.1, 0.15) is 28.4 Å². The number of rotatable bonds is 22. The molecule has 400 valence electrons. The van der Waals surface area contributed by atoms with Crippen LogP contribution < -0.4 is 26.6 Å². The van der Waals surface area contributed by atoms with Gasteiger partial charge in [-0.1, -0.05) is 80.9 Å². The van der Waals surface area contributed by atoms with Crippen molar-refractivity contribution in [3.05, 3.63) is 71.8 Å². The molecule has 0 bridgehead atoms. The lowest BCUT2D eigenvalue weighted by Gasteiger charge is -2.41. The van der Waals surface area contributed by atoms with Crippen LogP contribution in [0, 0.1) is 11.8 Å². The van der Waals surface area contributed by atoms with Crippen LogP contribution in [0.1, 0.15) is 126 Å². The summed E-state index contributed by atoms with van der Waals surface area (Å²) in [5, 5.41) is 13.9. The second-order valence-electron chi connectivity index (χ2n) is 21.6. The lowest BCUT2D eigenvalue weighted by Crippen LogP contribution is -2.62. The highest BCUT2D eigenvalue weighted by Crippen LogP contribution is 2.28. The fraction of sp³-hybridized carbons (Fsp3) is 0.623. The normalized spacial score (nSPS) is 14.9. The molecule has 2 aromatic carbocycles. The number of carbonyl (C=O) groups is 8. The molecule has 0 spiro atoms. The summed E-state index contributed by atoms with van der Waals surface area (Å²) in [6.07, 6.45) is -1.16. The van der Waals surface area contributed by atoms with Crippen LogP contribution in [0.4, 0.5) is 19.2 Å². The number of unbranched alkanes of at least 4 members (excludes halogenated alkanes) is 1. The Labute approximate surface area is 425 Å². The van der Waals surface area contributed by atoms with Gasteiger partial charge in [0.25, 0.3) is 0 Å². The number of Topliss-reactive ketones (excluding diaryl/α,β-unsaturated/α-hetero) is 1. The van der Waals surface area contributed by atoms with Gasteiger partial charge in [-0.25, -0.2) is 24.0 Å². The number of benzene rings is 2. The van der Waals surface area contributed by atoms with Crippen LogP contribution in [0.3, 0.4) is 0 Å². The highest BCUT2D eigenvalue weighted by Gasteiger charge is 2.47. The third-order valence-electron chi connectivity index (χ3n) is 11.3. The molecule has 2 aromatic rings. The highest BCUT2D eigenvalue weighted by atomic mass is 16.6. The van der Waals surface area contributed by atoms with Crippen LogP contribution in [0.2, 0.25) is 0 Å². The van der Waals surface area contributed by atoms with Gasteiger partial charge in [-0.3, -0.25) is 14.4 Å². The molecule has 1 heterocycles. The third-order valence-corrected chi connectivity index (χ3v) is 11.3. The van der Waals surface area contributed by atoms with E-state index in [0.717, 1.165) is 11.1 Å². The van der Waals surface area contributed by atoms with Crippen LogP contribution in [0.15, 0.2) is 60.7 Å². The Morgan fingerprint density at radius 3 is 1.69 bits per heavy atom. The van der Waals surface area contributed by atoms with E-state index in [-0.39, 0.29) is 77.3 Å². The van der Waals surface area contributed by atoms with Crippen molar-refractivity contribution in [1.29, 1.82) is 0 Å². The average molecular weight is 1010 g/mol. The molecule has 3 rings (SSSR count). The summed E-state index contributed by atoms with van der Waals surface area (Å²) in [4.78, 5) is 113. The zero-order valence-corrected chi connectivity index (χ0v) is 44.6. The predicted molar refractivity (Wildman–Crippen MR) is 271 cm³/mol. The molecule has 1 aliphatic rings. The van der Waals surface area contributed by atoms with Crippen LogP contribution in [0.5, 0.6) is 0 Å². The quantitative estimate of drug-likeness (QED) is 0.0354. The Balaban J connectivity index is 1.95. The number of ether oxygens (including phenoxy) is 4. The van der Waals surface area contributed by atoms with Crippen LogP contribution in [-0.4, -0.2) is 132 Å². The van der Waals surface area contributed by atoms with E-state index in [2.05, 4.69) is 26.6 Å². The number of nitrogens with one attached hydrogen (secondary N) is 5. The number of piperidine rings is 1. The second kappa shape index (κ2) is 27.4. The van der Waals surface area contributed by atoms with E-state index < -0.39 is 88.2 Å². The van der Waals surface area contributed by atoms with Gasteiger partial charge in [-0.2, -0.15) is 0 Å². The number of methoxy groups -OCH3 is 1. The summed E-state index contributed by atoms with van der Waals surface area (Å²) < 4.78 is 21.3. The standard InChI is InChI=1S/C53H81N7O12/c1-36(2)33-40(56-43(62)41(34-37-21-15-13-16-22-37)57-46(65)60(35-38-23-17-14-18-24-38)32-29-55-48(67)71-51(6,7)8)42(61)39(25-19-20-28-54-47(66)70-50(3,4)5)44(63)59-30-26-53(27-31-59,45(64)69-12)58-49(68)72-52(9,10)11/h13-18,21-24,36,39-41H,19-20,25-35H2,1-12H3,(H,54,66)(H,55,67)(H,56,62)(H,57,65)(H,58,68). The average Bonchev–Trinajstić information content (AvgIpc) is 3.27. The fourth-order valence-electron chi connectivity index (χ4n) is 7.96. The third kappa shape index (κ3) is 21.5. The number of esters is 1. The maximum absolute atomic E-state index is 15.0. The van der Waals surface area contributed by atoms with E-state index in [0.29, 0.717) is 12.8 Å². The molecule has 3 atom stereocenters. The summed E-state index contributed by atoms with van der Waals surface area (Å²) in [5.74, 6) is -3.82. The zero-order valence-electron chi connectivity index (χ0n) is 44.6. The molecular formula is C53H81N7O12. The molecule has 3 unspecified atom stereocenters. The summed E-state index contributed by atoms with van der Waals surface area (Å²) in [7, 11) is 1.21. The Morgan fingerprint density at radius 1 is 0.667 bits per heavy atom. The van der Waals surface area contributed by atoms with Crippen molar-refractivity contribution in [1.82, 2.24) is 36.4 Å². The molecule has 0 saturated carbocycles. The number of nitrogens with zero attached hydrogens (tertiary/aromatic N) is 2. The van der Waals surface area contributed by atoms with Crippen molar-refractivity contribution >= 4 is 47.9 Å². The van der Waals surface area contributed by atoms with Gasteiger partial charge < -0.3 is 55.3 Å². The maximum Gasteiger partial charge on any atom is 0.408 e. The second-order valence-corrected chi connectivity index (χ2v) is 21.6. The molecule has 19 nitrogen and oxygen atoms in total. The molecule has 1 fully saturated rings. The predicted octanol–water partition coefficient (Wildman–Crippen LogP) is 6.80. The lowest BCUT2D eigenvalue weighted by atomic mass is 9.84. The smallest absolute Gasteiger partial charge is 0.408 e. The highest BCUT2D eigenvalue weighted by molar-refractivity contribution is 6.05. The zero-order chi connectivity index (χ0) is 53.9. The topological polar surface area (TPSA) is 240 Å². The van der Waals surface area contributed by atoms with Crippen molar-refractivity contribution in [2.45, 2.75) is 162 Å². The van der Waals surface area contributed by atoms with Gasteiger partial charge in [0, 0.05) is 45.7 Å². The monoisotopic (exact) mass is 1010 g/mol. The molecule has 1 saturated heterocycles. The van der Waals surface area contributed by atoms with E-state index in [9.17, 15) is 33.6 Å². The van der Waals surface area contributed by atoms with Gasteiger partial charge >= 0.3 is 30.3 Å². The number of urea groups is 1. The first-order valence-corrected chi connectivity index (χ1v) is 24.9. The van der Waals surface area contributed by atoms with E-state index in [4.69, 9.17) is 18.9 Å². The molecule has 19 heteroatoms. The molecule has 72 heavy (non-hydrogen) atoms. The summed E-state index contributed by atoms with van der Waals surface area (Å²) in [5.41, 5.74) is -2.27. The van der Waals surface area contributed by atoms with Crippen molar-refractivity contribution in [2.75, 3.05) is 39.8 Å². The number of hydrogen-bond acceptors (Lipinski definition) is 12. The van der Waals surface area contributed by atoms with E-state index >= 15 is 4.79 Å². The van der Waals surface area contributed by atoms with Gasteiger partial charge in [-0.05, 0) is 111 Å². The minimum Gasteiger partial charge on any atom is -0.467 e. The van der Waals surface area contributed by atoms with Gasteiger partial charge in [0.05, 0.1) is 19.1 Å². The molecule has 0 aliphatic carbocycles. The van der Waals surface area contributed by atoms with Crippen molar-refractivity contribution in [2.24, 2.45) is 11.8 Å². The molecule has 0 aromatic heterocycles. The van der Waals surface area contributed by atoms with Gasteiger partial charge in [0.15, 0.2) is 5.78 Å². The minimum atomic E-state index is -1.50. The maximum atomic E-state index is 15.0. The fourth-order valence-corrected chi connectivity index (χ4v) is 7.96.